The van der Waals surface area contributed by atoms with E-state index in [0.29, 0.717) is 6.42 Å². The van der Waals surface area contributed by atoms with E-state index in [9.17, 15) is 14.0 Å². The van der Waals surface area contributed by atoms with Crippen molar-refractivity contribution in [1.82, 2.24) is 4.90 Å². The molecule has 29 heavy (non-hydrogen) atoms. The first-order valence-corrected chi connectivity index (χ1v) is 9.47. The molecule has 0 saturated carbocycles. The van der Waals surface area contributed by atoms with Crippen LogP contribution in [0.5, 0.6) is 0 Å². The molecule has 3 aromatic rings. The molecule has 2 atom stereocenters. The molecule has 1 aliphatic rings. The largest absolute Gasteiger partial charge is 0.446 e. The molecule has 0 aromatic heterocycles. The summed E-state index contributed by atoms with van der Waals surface area (Å²) in [6, 6.07) is 24.3. The zero-order chi connectivity index (χ0) is 20.2. The fourth-order valence-corrected chi connectivity index (χ4v) is 3.64. The highest BCUT2D eigenvalue weighted by Gasteiger charge is 2.41. The van der Waals surface area contributed by atoms with E-state index in [1.807, 2.05) is 60.7 Å². The third kappa shape index (κ3) is 4.04. The molecule has 4 rings (SSSR count). The Kier molecular flexibility index (Phi) is 5.38. The van der Waals surface area contributed by atoms with Crippen LogP contribution in [0.3, 0.4) is 0 Å². The van der Waals surface area contributed by atoms with Gasteiger partial charge in [0.25, 0.3) is 0 Å². The number of hydrogen-bond acceptors (Lipinski definition) is 3. The third-order valence-electron chi connectivity index (χ3n) is 5.15. The minimum atomic E-state index is -0.635. The second-order valence-electron chi connectivity index (χ2n) is 7.01. The minimum Gasteiger partial charge on any atom is -0.446 e. The average molecular weight is 389 g/mol. The highest BCUT2D eigenvalue weighted by atomic mass is 19.1. The van der Waals surface area contributed by atoms with Crippen molar-refractivity contribution in [2.75, 3.05) is 6.61 Å². The summed E-state index contributed by atoms with van der Waals surface area (Å²) in [5, 5.41) is 0. The van der Waals surface area contributed by atoms with Crippen molar-refractivity contribution in [2.24, 2.45) is 0 Å². The van der Waals surface area contributed by atoms with Gasteiger partial charge in [-0.05, 0) is 35.2 Å². The standard InChI is InChI=1S/C24H20FNO3/c25-20-13-11-17(12-14-20)15-21(18-7-3-1-4-8-18)23(27)26-22(16-29-24(26)28)19-9-5-2-6-10-19/h1-14,21-22H,15-16H2. The Hall–Kier alpha value is -3.47. The summed E-state index contributed by atoms with van der Waals surface area (Å²) in [5.41, 5.74) is 2.46. The summed E-state index contributed by atoms with van der Waals surface area (Å²) in [4.78, 5) is 27.2. The van der Waals surface area contributed by atoms with Crippen LogP contribution in [0.15, 0.2) is 84.9 Å². The van der Waals surface area contributed by atoms with Crippen LogP contribution in [0, 0.1) is 5.82 Å². The van der Waals surface area contributed by atoms with Gasteiger partial charge in [0.2, 0.25) is 5.91 Å². The molecule has 5 heteroatoms. The number of halogens is 1. The first-order valence-electron chi connectivity index (χ1n) is 9.47. The second-order valence-corrected chi connectivity index (χ2v) is 7.01. The van der Waals surface area contributed by atoms with Gasteiger partial charge in [-0.3, -0.25) is 4.79 Å². The SMILES string of the molecule is O=C1OCC(c2ccccc2)N1C(=O)C(Cc1ccc(F)cc1)c1ccccc1. The summed E-state index contributed by atoms with van der Waals surface area (Å²) in [7, 11) is 0. The highest BCUT2D eigenvalue weighted by molar-refractivity contribution is 5.97. The maximum Gasteiger partial charge on any atom is 0.417 e. The van der Waals surface area contributed by atoms with Crippen molar-refractivity contribution >= 4 is 12.0 Å². The zero-order valence-electron chi connectivity index (χ0n) is 15.7. The highest BCUT2D eigenvalue weighted by Crippen LogP contribution is 2.33. The van der Waals surface area contributed by atoms with Gasteiger partial charge in [-0.25, -0.2) is 14.1 Å². The van der Waals surface area contributed by atoms with Crippen molar-refractivity contribution in [1.29, 1.82) is 0 Å². The van der Waals surface area contributed by atoms with E-state index < -0.39 is 18.1 Å². The van der Waals surface area contributed by atoms with Gasteiger partial charge in [-0.2, -0.15) is 0 Å². The number of nitrogens with zero attached hydrogens (tertiary/aromatic N) is 1. The van der Waals surface area contributed by atoms with Crippen LogP contribution in [0.25, 0.3) is 0 Å². The van der Waals surface area contributed by atoms with Crippen LogP contribution in [0.1, 0.15) is 28.7 Å². The summed E-state index contributed by atoms with van der Waals surface area (Å²) in [5.74, 6) is -1.24. The molecule has 2 unspecified atom stereocenters. The Labute approximate surface area is 168 Å². The molecular weight excluding hydrogens is 369 g/mol. The predicted molar refractivity (Wildman–Crippen MR) is 107 cm³/mol. The molecule has 1 heterocycles. The number of carbonyl (C=O) groups excluding carboxylic acids is 2. The number of benzene rings is 3. The molecular formula is C24H20FNO3. The number of imide groups is 1. The van der Waals surface area contributed by atoms with Gasteiger partial charge >= 0.3 is 6.09 Å². The van der Waals surface area contributed by atoms with Crippen molar-refractivity contribution in [3.63, 3.8) is 0 Å². The minimum absolute atomic E-state index is 0.132. The van der Waals surface area contributed by atoms with Gasteiger partial charge in [-0.1, -0.05) is 72.8 Å². The van der Waals surface area contributed by atoms with Crippen LogP contribution in [0.2, 0.25) is 0 Å². The van der Waals surface area contributed by atoms with Crippen molar-refractivity contribution < 1.29 is 18.7 Å². The Bertz CT molecular complexity index is 990. The number of carbonyl (C=O) groups is 2. The van der Waals surface area contributed by atoms with Crippen LogP contribution in [-0.2, 0) is 16.0 Å². The fourth-order valence-electron chi connectivity index (χ4n) is 3.64. The molecule has 0 bridgehead atoms. The zero-order valence-corrected chi connectivity index (χ0v) is 15.7. The lowest BCUT2D eigenvalue weighted by molar-refractivity contribution is -0.130. The number of cyclic esters (lactones) is 1. The van der Waals surface area contributed by atoms with Gasteiger partial charge in [-0.15, -0.1) is 0 Å². The summed E-state index contributed by atoms with van der Waals surface area (Å²) in [6.45, 7) is 0.132. The number of hydrogen-bond donors (Lipinski definition) is 0. The molecule has 1 fully saturated rings. The number of amides is 2. The monoisotopic (exact) mass is 389 g/mol. The fraction of sp³-hybridized carbons (Fsp3) is 0.167. The van der Waals surface area contributed by atoms with E-state index >= 15 is 0 Å². The molecule has 0 spiro atoms. The first-order chi connectivity index (χ1) is 14.1. The van der Waals surface area contributed by atoms with Crippen molar-refractivity contribution in [3.05, 3.63) is 107 Å². The Morgan fingerprint density at radius 2 is 1.59 bits per heavy atom. The Balaban J connectivity index is 1.68. The van der Waals surface area contributed by atoms with E-state index in [1.165, 1.54) is 17.0 Å². The molecule has 0 N–H and O–H groups in total. The van der Waals surface area contributed by atoms with E-state index in [1.54, 1.807) is 12.1 Å². The predicted octanol–water partition coefficient (Wildman–Crippen LogP) is 4.87. The van der Waals surface area contributed by atoms with Crippen molar-refractivity contribution in [2.45, 2.75) is 18.4 Å². The topological polar surface area (TPSA) is 46.6 Å². The second kappa shape index (κ2) is 8.27. The van der Waals surface area contributed by atoms with Gasteiger partial charge in [0.05, 0.1) is 5.92 Å². The lowest BCUT2D eigenvalue weighted by Crippen LogP contribution is -2.38. The molecule has 0 aliphatic carbocycles. The van der Waals surface area contributed by atoms with Crippen LogP contribution < -0.4 is 0 Å². The van der Waals surface area contributed by atoms with Gasteiger partial charge in [0.1, 0.15) is 18.5 Å². The van der Waals surface area contributed by atoms with Crippen LogP contribution in [-0.4, -0.2) is 23.5 Å². The lowest BCUT2D eigenvalue weighted by Gasteiger charge is -2.25. The summed E-state index contributed by atoms with van der Waals surface area (Å²) < 4.78 is 18.5. The number of ether oxygens (including phenoxy) is 1. The van der Waals surface area contributed by atoms with Crippen LogP contribution >= 0.6 is 0 Å². The maximum absolute atomic E-state index is 13.6. The lowest BCUT2D eigenvalue weighted by atomic mass is 9.90. The Morgan fingerprint density at radius 3 is 2.24 bits per heavy atom. The molecule has 3 aromatic carbocycles. The van der Waals surface area contributed by atoms with E-state index in [4.69, 9.17) is 4.74 Å². The van der Waals surface area contributed by atoms with Gasteiger partial charge in [0, 0.05) is 0 Å². The average Bonchev–Trinajstić information content (AvgIpc) is 3.15. The van der Waals surface area contributed by atoms with E-state index in [-0.39, 0.29) is 18.3 Å². The van der Waals surface area contributed by atoms with Gasteiger partial charge < -0.3 is 4.74 Å². The molecule has 4 nitrogen and oxygen atoms in total. The number of rotatable bonds is 5. The molecule has 1 aliphatic heterocycles. The van der Waals surface area contributed by atoms with E-state index in [2.05, 4.69) is 0 Å². The molecule has 2 amide bonds. The third-order valence-corrected chi connectivity index (χ3v) is 5.15. The first kappa shape index (κ1) is 18.9. The van der Waals surface area contributed by atoms with Gasteiger partial charge in [0.15, 0.2) is 0 Å². The molecule has 1 saturated heterocycles. The van der Waals surface area contributed by atoms with E-state index in [0.717, 1.165) is 16.7 Å². The quantitative estimate of drug-likeness (QED) is 0.625. The van der Waals surface area contributed by atoms with Crippen LogP contribution in [0.4, 0.5) is 9.18 Å². The maximum atomic E-state index is 13.6. The normalized spacial score (nSPS) is 17.1. The summed E-state index contributed by atoms with van der Waals surface area (Å²) >= 11 is 0. The smallest absolute Gasteiger partial charge is 0.417 e. The Morgan fingerprint density at radius 1 is 0.966 bits per heavy atom. The molecule has 0 radical (unpaired) electrons. The van der Waals surface area contributed by atoms with Crippen molar-refractivity contribution in [3.8, 4) is 0 Å². The summed E-state index contributed by atoms with van der Waals surface area (Å²) in [6.07, 6.45) is -0.280. The molecule has 146 valence electrons.